The van der Waals surface area contributed by atoms with E-state index >= 15 is 0 Å². The van der Waals surface area contributed by atoms with E-state index in [2.05, 4.69) is 16.5 Å². The van der Waals surface area contributed by atoms with Crippen LogP contribution in [0.15, 0.2) is 36.3 Å². The van der Waals surface area contributed by atoms with E-state index in [-0.39, 0.29) is 10.8 Å². The lowest BCUT2D eigenvalue weighted by molar-refractivity contribution is 0.594. The van der Waals surface area contributed by atoms with Gasteiger partial charge in [0.1, 0.15) is 0 Å². The molecule has 0 saturated heterocycles. The lowest BCUT2D eigenvalue weighted by atomic mass is 10.8. The van der Waals surface area contributed by atoms with E-state index in [0.29, 0.717) is 0 Å². The molecule has 1 rings (SSSR count). The highest BCUT2D eigenvalue weighted by Gasteiger charge is 2.12. The first-order valence-electron chi connectivity index (χ1n) is 3.26. The molecule has 0 fully saturated rings. The average molecular weight is 184 g/mol. The van der Waals surface area contributed by atoms with E-state index in [0.717, 1.165) is 0 Å². The van der Waals surface area contributed by atoms with Gasteiger partial charge >= 0.3 is 0 Å². The minimum Gasteiger partial charge on any atom is -0.260 e. The molecule has 1 aromatic rings. The molecule has 0 aliphatic heterocycles. The number of nitrogens with zero attached hydrogens (tertiary/aromatic N) is 2. The molecule has 0 aromatic carbocycles. The van der Waals surface area contributed by atoms with Crippen molar-refractivity contribution in [3.05, 3.63) is 31.2 Å². The molecule has 0 atom stereocenters. The first kappa shape index (κ1) is 8.86. The Morgan fingerprint density at radius 3 is 2.75 bits per heavy atom. The van der Waals surface area contributed by atoms with Crippen molar-refractivity contribution in [3.8, 4) is 0 Å². The van der Waals surface area contributed by atoms with Gasteiger partial charge in [0.2, 0.25) is 9.84 Å². The van der Waals surface area contributed by atoms with Gasteiger partial charge in [-0.3, -0.25) is 4.98 Å². The van der Waals surface area contributed by atoms with E-state index in [1.165, 1.54) is 24.7 Å². The van der Waals surface area contributed by atoms with Gasteiger partial charge in [-0.1, -0.05) is 6.08 Å². The van der Waals surface area contributed by atoms with Gasteiger partial charge in [0, 0.05) is 12.4 Å². The van der Waals surface area contributed by atoms with Crippen LogP contribution < -0.4 is 0 Å². The molecular formula is C7H8N2O2S. The first-order valence-corrected chi connectivity index (χ1v) is 4.92. The topological polar surface area (TPSA) is 59.9 Å². The number of aromatic nitrogens is 2. The van der Waals surface area contributed by atoms with Crippen LogP contribution in [0.2, 0.25) is 0 Å². The van der Waals surface area contributed by atoms with Crippen LogP contribution in [-0.2, 0) is 9.84 Å². The second-order valence-corrected chi connectivity index (χ2v) is 4.09. The number of sulfone groups is 1. The largest absolute Gasteiger partial charge is 0.260 e. The van der Waals surface area contributed by atoms with Gasteiger partial charge in [-0.25, -0.2) is 13.4 Å². The lowest BCUT2D eigenvalue weighted by Crippen LogP contribution is -2.06. The molecule has 0 spiro atoms. The molecule has 5 heteroatoms. The summed E-state index contributed by atoms with van der Waals surface area (Å²) < 4.78 is 22.5. The molecule has 64 valence electrons. The van der Waals surface area contributed by atoms with Crippen molar-refractivity contribution in [2.24, 2.45) is 0 Å². The predicted molar refractivity (Wildman–Crippen MR) is 44.3 cm³/mol. The number of hydrogen-bond donors (Lipinski definition) is 0. The zero-order valence-electron chi connectivity index (χ0n) is 6.34. The summed E-state index contributed by atoms with van der Waals surface area (Å²) in [5.41, 5.74) is 0. The Hall–Kier alpha value is -1.23. The highest BCUT2D eigenvalue weighted by molar-refractivity contribution is 7.91. The highest BCUT2D eigenvalue weighted by atomic mass is 32.2. The van der Waals surface area contributed by atoms with Gasteiger partial charge in [-0.05, 0) is 0 Å². The molecule has 0 N–H and O–H groups in total. The van der Waals surface area contributed by atoms with Crippen molar-refractivity contribution >= 4 is 9.84 Å². The summed E-state index contributed by atoms with van der Waals surface area (Å²) in [7, 11) is -3.30. The Kier molecular flexibility index (Phi) is 2.54. The molecule has 0 amide bonds. The van der Waals surface area contributed by atoms with Crippen LogP contribution in [0, 0.1) is 0 Å². The van der Waals surface area contributed by atoms with E-state index in [9.17, 15) is 8.42 Å². The summed E-state index contributed by atoms with van der Waals surface area (Å²) in [5, 5.41) is -0.00935. The van der Waals surface area contributed by atoms with Gasteiger partial charge in [0.15, 0.2) is 5.03 Å². The normalized spacial score (nSPS) is 11.0. The highest BCUT2D eigenvalue weighted by Crippen LogP contribution is 2.04. The minimum absolute atomic E-state index is 0.00935. The molecule has 1 aromatic heterocycles. The molecule has 0 aliphatic carbocycles. The molecule has 0 aliphatic rings. The van der Waals surface area contributed by atoms with Crippen molar-refractivity contribution in [1.29, 1.82) is 0 Å². The first-order chi connectivity index (χ1) is 5.67. The lowest BCUT2D eigenvalue weighted by Gasteiger charge is -1.97. The van der Waals surface area contributed by atoms with Crippen molar-refractivity contribution in [2.75, 3.05) is 5.75 Å². The SMILES string of the molecule is C=CCS(=O)(=O)c1cnccn1. The quantitative estimate of drug-likeness (QED) is 0.639. The van der Waals surface area contributed by atoms with E-state index < -0.39 is 9.84 Å². The van der Waals surface area contributed by atoms with Gasteiger partial charge < -0.3 is 0 Å². The Bertz CT molecular complexity index is 358. The van der Waals surface area contributed by atoms with Crippen molar-refractivity contribution in [1.82, 2.24) is 9.97 Å². The van der Waals surface area contributed by atoms with Gasteiger partial charge in [0.05, 0.1) is 11.9 Å². The zero-order chi connectivity index (χ0) is 9.03. The molecule has 0 saturated carbocycles. The second-order valence-electron chi connectivity index (χ2n) is 2.11. The second kappa shape index (κ2) is 3.44. The third kappa shape index (κ3) is 1.88. The summed E-state index contributed by atoms with van der Waals surface area (Å²) in [6, 6.07) is 0. The van der Waals surface area contributed by atoms with Gasteiger partial charge in [0.25, 0.3) is 0 Å². The van der Waals surface area contributed by atoms with Crippen LogP contribution in [0.5, 0.6) is 0 Å². The van der Waals surface area contributed by atoms with E-state index in [4.69, 9.17) is 0 Å². The zero-order valence-corrected chi connectivity index (χ0v) is 7.16. The van der Waals surface area contributed by atoms with Crippen LogP contribution in [0.25, 0.3) is 0 Å². The molecule has 1 heterocycles. The fourth-order valence-electron chi connectivity index (χ4n) is 0.687. The van der Waals surface area contributed by atoms with Crippen molar-refractivity contribution in [3.63, 3.8) is 0 Å². The summed E-state index contributed by atoms with van der Waals surface area (Å²) in [6.45, 7) is 3.34. The molecule has 4 nitrogen and oxygen atoms in total. The van der Waals surface area contributed by atoms with E-state index in [1.54, 1.807) is 0 Å². The summed E-state index contributed by atoms with van der Waals surface area (Å²) in [6.07, 6.45) is 5.31. The van der Waals surface area contributed by atoms with Crippen LogP contribution in [0.3, 0.4) is 0 Å². The minimum atomic E-state index is -3.30. The maximum atomic E-state index is 11.3. The van der Waals surface area contributed by atoms with Crippen LogP contribution >= 0.6 is 0 Å². The maximum Gasteiger partial charge on any atom is 0.200 e. The Morgan fingerprint density at radius 1 is 1.50 bits per heavy atom. The third-order valence-electron chi connectivity index (χ3n) is 1.20. The van der Waals surface area contributed by atoms with Crippen LogP contribution in [0.4, 0.5) is 0 Å². The number of rotatable bonds is 3. The van der Waals surface area contributed by atoms with Crippen LogP contribution in [0.1, 0.15) is 0 Å². The number of hydrogen-bond acceptors (Lipinski definition) is 4. The molecule has 0 radical (unpaired) electrons. The third-order valence-corrected chi connectivity index (χ3v) is 2.72. The average Bonchev–Trinajstić information content (AvgIpc) is 2.06. The Morgan fingerprint density at radius 2 is 2.25 bits per heavy atom. The molecule has 0 bridgehead atoms. The monoisotopic (exact) mass is 184 g/mol. The molecular weight excluding hydrogens is 176 g/mol. The summed E-state index contributed by atoms with van der Waals surface area (Å²) in [5.74, 6) is -0.105. The van der Waals surface area contributed by atoms with Crippen molar-refractivity contribution < 1.29 is 8.42 Å². The Labute approximate surface area is 70.9 Å². The van der Waals surface area contributed by atoms with Crippen LogP contribution in [-0.4, -0.2) is 24.1 Å². The summed E-state index contributed by atoms with van der Waals surface area (Å²) >= 11 is 0. The summed E-state index contributed by atoms with van der Waals surface area (Å²) in [4.78, 5) is 7.33. The Balaban J connectivity index is 3.07. The standard InChI is InChI=1S/C7H8N2O2S/c1-2-5-12(10,11)7-6-8-3-4-9-7/h2-4,6H,1,5H2. The maximum absolute atomic E-state index is 11.3. The van der Waals surface area contributed by atoms with Gasteiger partial charge in [-0.15, -0.1) is 6.58 Å². The van der Waals surface area contributed by atoms with Gasteiger partial charge in [-0.2, -0.15) is 0 Å². The smallest absolute Gasteiger partial charge is 0.200 e. The predicted octanol–water partition coefficient (Wildman–Crippen LogP) is 0.436. The fraction of sp³-hybridized carbons (Fsp3) is 0.143. The van der Waals surface area contributed by atoms with E-state index in [1.807, 2.05) is 0 Å². The molecule has 0 unspecified atom stereocenters. The fourth-order valence-corrected chi connectivity index (χ4v) is 1.61. The molecule has 12 heavy (non-hydrogen) atoms. The van der Waals surface area contributed by atoms with Crippen molar-refractivity contribution in [2.45, 2.75) is 5.03 Å².